The summed E-state index contributed by atoms with van der Waals surface area (Å²) in [5, 5.41) is 3.58. The van der Waals surface area contributed by atoms with Gasteiger partial charge in [-0.1, -0.05) is 43.5 Å². The molecule has 0 radical (unpaired) electrons. The molecular weight excluding hydrogens is 542 g/mol. The molecule has 3 aromatic rings. The fourth-order valence-corrected chi connectivity index (χ4v) is 6.22. The average molecular weight is 588 g/mol. The van der Waals surface area contributed by atoms with E-state index in [0.717, 1.165) is 75.1 Å². The van der Waals surface area contributed by atoms with Gasteiger partial charge in [0.15, 0.2) is 23.1 Å². The molecule has 0 atom stereocenters. The van der Waals surface area contributed by atoms with Crippen LogP contribution < -0.4 is 10.2 Å². The van der Waals surface area contributed by atoms with Crippen molar-refractivity contribution in [3.63, 3.8) is 0 Å². The lowest BCUT2D eigenvalue weighted by atomic mass is 9.89. The molecule has 3 heterocycles. The molecule has 1 amide bonds. The van der Waals surface area contributed by atoms with E-state index < -0.39 is 5.60 Å². The fourth-order valence-electron chi connectivity index (χ4n) is 6.22. The minimum atomic E-state index is -0.629. The maximum Gasteiger partial charge on any atom is 0.416 e. The van der Waals surface area contributed by atoms with Gasteiger partial charge in [0.1, 0.15) is 5.60 Å². The molecule has 0 spiro atoms. The highest BCUT2D eigenvalue weighted by atomic mass is 16.6. The first-order valence-corrected chi connectivity index (χ1v) is 16.1. The molecule has 0 bridgehead atoms. The normalized spacial score (nSPS) is 18.5. The van der Waals surface area contributed by atoms with E-state index in [4.69, 9.17) is 19.4 Å². The predicted molar refractivity (Wildman–Crippen MR) is 168 cm³/mol. The minimum Gasteiger partial charge on any atom is -0.443 e. The molecule has 9 heteroatoms. The first-order valence-electron chi connectivity index (χ1n) is 16.1. The van der Waals surface area contributed by atoms with Crippen molar-refractivity contribution in [1.29, 1.82) is 0 Å². The number of hydrogen-bond acceptors (Lipinski definition) is 7. The van der Waals surface area contributed by atoms with Crippen molar-refractivity contribution in [1.82, 2.24) is 14.4 Å². The maximum atomic E-state index is 13.7. The first-order chi connectivity index (χ1) is 20.7. The summed E-state index contributed by atoms with van der Waals surface area (Å²) in [6.45, 7) is 8.55. The molecule has 1 aliphatic heterocycles. The van der Waals surface area contributed by atoms with Crippen molar-refractivity contribution < 1.29 is 19.1 Å². The van der Waals surface area contributed by atoms with E-state index in [-0.39, 0.29) is 17.8 Å². The van der Waals surface area contributed by atoms with E-state index in [9.17, 15) is 9.59 Å². The van der Waals surface area contributed by atoms with Crippen LogP contribution in [0.25, 0.3) is 16.9 Å². The van der Waals surface area contributed by atoms with Crippen LogP contribution >= 0.6 is 0 Å². The van der Waals surface area contributed by atoms with E-state index in [1.54, 1.807) is 4.90 Å². The topological polar surface area (TPSA) is 98.1 Å². The van der Waals surface area contributed by atoms with Gasteiger partial charge in [-0.3, -0.25) is 14.1 Å². The Morgan fingerprint density at radius 3 is 2.40 bits per heavy atom. The van der Waals surface area contributed by atoms with Crippen molar-refractivity contribution >= 4 is 29.2 Å². The molecule has 0 unspecified atom stereocenters. The number of benzene rings is 1. The number of fused-ring (bicyclic) bond motifs is 1. The summed E-state index contributed by atoms with van der Waals surface area (Å²) in [5.74, 6) is 2.48. The largest absolute Gasteiger partial charge is 0.443 e. The number of nitrogens with one attached hydrogen (secondary N) is 1. The second kappa shape index (κ2) is 12.6. The lowest BCUT2D eigenvalue weighted by molar-refractivity contribution is 0.0570. The van der Waals surface area contributed by atoms with Gasteiger partial charge in [-0.25, -0.2) is 14.8 Å². The van der Waals surface area contributed by atoms with Crippen molar-refractivity contribution in [2.24, 2.45) is 17.8 Å². The van der Waals surface area contributed by atoms with Crippen molar-refractivity contribution in [2.45, 2.75) is 84.2 Å². The smallest absolute Gasteiger partial charge is 0.416 e. The number of aromatic nitrogens is 3. The number of imidazole rings is 1. The van der Waals surface area contributed by atoms with Gasteiger partial charge in [0.05, 0.1) is 18.1 Å². The number of ketones is 1. The van der Waals surface area contributed by atoms with Gasteiger partial charge in [0.2, 0.25) is 0 Å². The molecule has 43 heavy (non-hydrogen) atoms. The van der Waals surface area contributed by atoms with Crippen LogP contribution in [0.1, 0.15) is 88.9 Å². The van der Waals surface area contributed by atoms with Gasteiger partial charge in [0.25, 0.3) is 0 Å². The molecule has 1 saturated heterocycles. The van der Waals surface area contributed by atoms with Gasteiger partial charge in [0, 0.05) is 43.3 Å². The van der Waals surface area contributed by atoms with Crippen LogP contribution in [0.2, 0.25) is 0 Å². The fraction of sp³-hybridized carbons (Fsp3) is 0.588. The summed E-state index contributed by atoms with van der Waals surface area (Å²) in [6.07, 6.45) is 13.2. The number of carbonyl (C=O) groups is 2. The Morgan fingerprint density at radius 1 is 1.00 bits per heavy atom. The summed E-state index contributed by atoms with van der Waals surface area (Å²) in [6, 6.07) is 7.81. The van der Waals surface area contributed by atoms with Crippen LogP contribution in [-0.2, 0) is 9.47 Å². The number of nitrogens with zero attached hydrogens (tertiary/aromatic N) is 4. The second-order valence-corrected chi connectivity index (χ2v) is 13.5. The van der Waals surface area contributed by atoms with E-state index in [2.05, 4.69) is 5.32 Å². The summed E-state index contributed by atoms with van der Waals surface area (Å²) >= 11 is 0. The Balaban J connectivity index is 1.38. The zero-order valence-electron chi connectivity index (χ0n) is 25.8. The Morgan fingerprint density at radius 2 is 1.72 bits per heavy atom. The molecule has 1 aromatic carbocycles. The Labute approximate surface area is 254 Å². The average Bonchev–Trinajstić information content (AvgIpc) is 3.77. The van der Waals surface area contributed by atoms with E-state index >= 15 is 0 Å². The second-order valence-electron chi connectivity index (χ2n) is 13.5. The van der Waals surface area contributed by atoms with E-state index in [0.29, 0.717) is 35.7 Å². The highest BCUT2D eigenvalue weighted by Gasteiger charge is 2.31. The molecule has 2 aliphatic carbocycles. The highest BCUT2D eigenvalue weighted by Crippen LogP contribution is 2.34. The Kier molecular flexibility index (Phi) is 8.71. The molecule has 3 aliphatic rings. The van der Waals surface area contributed by atoms with E-state index in [1.165, 1.54) is 19.3 Å². The maximum absolute atomic E-state index is 13.7. The lowest BCUT2D eigenvalue weighted by Crippen LogP contribution is -2.41. The molecule has 2 saturated carbocycles. The molecule has 2 aromatic heterocycles. The first kappa shape index (κ1) is 29.6. The number of amides is 1. The van der Waals surface area contributed by atoms with Crippen LogP contribution in [0.15, 0.2) is 36.7 Å². The zero-order chi connectivity index (χ0) is 30.0. The molecule has 1 N–H and O–H groups in total. The van der Waals surface area contributed by atoms with Crippen molar-refractivity contribution in [2.75, 3.05) is 36.5 Å². The lowest BCUT2D eigenvalue weighted by Gasteiger charge is -2.31. The van der Waals surface area contributed by atoms with E-state index in [1.807, 2.05) is 61.8 Å². The molecule has 230 valence electrons. The minimum absolute atomic E-state index is 0.183. The Hall–Kier alpha value is -3.46. The number of Topliss-reactive ketones (excluding diaryl/α,β-unsaturated/α-hetero) is 1. The highest BCUT2D eigenvalue weighted by molar-refractivity contribution is 5.99. The van der Waals surface area contributed by atoms with Gasteiger partial charge in [-0.05, 0) is 71.1 Å². The SMILES string of the molecule is CC(C)(C)OC(=O)N(CC1CCCCC1)c1cn2c(-c3ccc(C(=O)C4CC4)cc3)cnc2c(NCC2CCOCC2)n1. The molecule has 3 fully saturated rings. The third-order valence-corrected chi connectivity index (χ3v) is 8.85. The van der Waals surface area contributed by atoms with Crippen LogP contribution in [0, 0.1) is 17.8 Å². The number of ether oxygens (including phenoxy) is 2. The number of carbonyl (C=O) groups excluding carboxylic acids is 2. The van der Waals surface area contributed by atoms with Gasteiger partial charge >= 0.3 is 6.09 Å². The quantitative estimate of drug-likeness (QED) is 0.266. The summed E-state index contributed by atoms with van der Waals surface area (Å²) in [7, 11) is 0. The number of rotatable bonds is 9. The van der Waals surface area contributed by atoms with Gasteiger partial charge < -0.3 is 14.8 Å². The molecular formula is C34H45N5O4. The zero-order valence-corrected chi connectivity index (χ0v) is 25.8. The third kappa shape index (κ3) is 7.20. The summed E-state index contributed by atoms with van der Waals surface area (Å²) in [5.41, 5.74) is 2.65. The third-order valence-electron chi connectivity index (χ3n) is 8.85. The Bertz CT molecular complexity index is 1430. The molecule has 6 rings (SSSR count). The van der Waals surface area contributed by atoms with Gasteiger partial charge in [-0.2, -0.15) is 0 Å². The standard InChI is InChI=1S/C34H45N5O4/c1-34(2,3)43-33(41)39(21-24-7-5-4-6-8-24)29-22-38-28(25-9-11-26(12-10-25)30(40)27-13-14-27)20-36-32(38)31(37-29)35-19-23-15-17-42-18-16-23/h9-12,20,22-24,27H,4-8,13-19,21H2,1-3H3,(H,35,37). The van der Waals surface area contributed by atoms with Gasteiger partial charge in [-0.15, -0.1) is 0 Å². The van der Waals surface area contributed by atoms with Crippen LogP contribution in [0.4, 0.5) is 16.4 Å². The van der Waals surface area contributed by atoms with Crippen molar-refractivity contribution in [3.8, 4) is 11.3 Å². The van der Waals surface area contributed by atoms with Crippen LogP contribution in [0.5, 0.6) is 0 Å². The predicted octanol–water partition coefficient (Wildman–Crippen LogP) is 7.15. The van der Waals surface area contributed by atoms with Crippen LogP contribution in [-0.4, -0.2) is 58.1 Å². The van der Waals surface area contributed by atoms with Crippen LogP contribution in [0.3, 0.4) is 0 Å². The number of anilines is 2. The number of hydrogen-bond donors (Lipinski definition) is 1. The monoisotopic (exact) mass is 587 g/mol. The summed E-state index contributed by atoms with van der Waals surface area (Å²) in [4.78, 5) is 37.9. The summed E-state index contributed by atoms with van der Waals surface area (Å²) < 4.78 is 13.5. The molecule has 9 nitrogen and oxygen atoms in total. The van der Waals surface area contributed by atoms with Crippen molar-refractivity contribution in [3.05, 3.63) is 42.2 Å².